The van der Waals surface area contributed by atoms with Crippen molar-refractivity contribution in [1.29, 1.82) is 0 Å². The molecule has 0 aliphatic rings. The van der Waals surface area contributed by atoms with E-state index in [4.69, 9.17) is 11.6 Å². The highest BCUT2D eigenvalue weighted by atomic mass is 35.5. The molecule has 0 saturated heterocycles. The highest BCUT2D eigenvalue weighted by Crippen LogP contribution is 2.25. The largest absolute Gasteiger partial charge is 0.139 e. The van der Waals surface area contributed by atoms with E-state index in [1.54, 1.807) is 11.3 Å². The molecule has 0 aliphatic heterocycles. The van der Waals surface area contributed by atoms with Gasteiger partial charge in [-0.2, -0.15) is 0 Å². The Kier molecular flexibility index (Phi) is 1.84. The monoisotopic (exact) mass is 182 g/mol. The van der Waals surface area contributed by atoms with Gasteiger partial charge in [-0.15, -0.1) is 22.9 Å². The van der Waals surface area contributed by atoms with E-state index in [0.717, 1.165) is 0 Å². The molecule has 0 bridgehead atoms. The van der Waals surface area contributed by atoms with Crippen LogP contribution in [0.15, 0.2) is 30.3 Å². The summed E-state index contributed by atoms with van der Waals surface area (Å²) in [6.45, 7) is 0. The van der Waals surface area contributed by atoms with Crippen molar-refractivity contribution in [2.45, 2.75) is 5.88 Å². The fourth-order valence-electron chi connectivity index (χ4n) is 1.10. The number of halogens is 1. The van der Waals surface area contributed by atoms with Crippen molar-refractivity contribution in [3.63, 3.8) is 0 Å². The summed E-state index contributed by atoms with van der Waals surface area (Å²) in [7, 11) is 0. The maximum Gasteiger partial charge on any atom is 0.0568 e. The first-order valence-corrected chi connectivity index (χ1v) is 4.78. The zero-order valence-electron chi connectivity index (χ0n) is 5.88. The van der Waals surface area contributed by atoms with E-state index >= 15 is 0 Å². The lowest BCUT2D eigenvalue weighted by molar-refractivity contribution is 1.54. The molecule has 1 aromatic heterocycles. The van der Waals surface area contributed by atoms with Crippen LogP contribution >= 0.6 is 22.9 Å². The maximum atomic E-state index is 5.71. The number of fused-ring (bicyclic) bond motifs is 1. The van der Waals surface area contributed by atoms with E-state index in [1.165, 1.54) is 15.0 Å². The van der Waals surface area contributed by atoms with E-state index in [0.29, 0.717) is 5.88 Å². The van der Waals surface area contributed by atoms with Crippen LogP contribution in [-0.2, 0) is 5.88 Å². The van der Waals surface area contributed by atoms with Crippen LogP contribution in [-0.4, -0.2) is 0 Å². The van der Waals surface area contributed by atoms with Gasteiger partial charge in [-0.25, -0.2) is 0 Å². The minimum Gasteiger partial charge on any atom is -0.139 e. The fourth-order valence-corrected chi connectivity index (χ4v) is 2.26. The number of hydrogen-bond donors (Lipinski definition) is 0. The topological polar surface area (TPSA) is 0 Å². The molecular weight excluding hydrogens is 176 g/mol. The van der Waals surface area contributed by atoms with E-state index in [2.05, 4.69) is 24.3 Å². The van der Waals surface area contributed by atoms with Crippen LogP contribution in [0.2, 0.25) is 0 Å². The first kappa shape index (κ1) is 7.14. The average molecular weight is 183 g/mol. The van der Waals surface area contributed by atoms with Crippen molar-refractivity contribution < 1.29 is 0 Å². The molecule has 0 radical (unpaired) electrons. The Hall–Kier alpha value is -0.530. The van der Waals surface area contributed by atoms with Gasteiger partial charge in [0.05, 0.1) is 5.88 Å². The quantitative estimate of drug-likeness (QED) is 0.591. The van der Waals surface area contributed by atoms with Gasteiger partial charge in [0.1, 0.15) is 0 Å². The molecule has 2 rings (SSSR count). The summed E-state index contributed by atoms with van der Waals surface area (Å²) in [5, 5.41) is 1.30. The van der Waals surface area contributed by atoms with Gasteiger partial charge < -0.3 is 0 Å². The molecule has 2 aromatic rings. The maximum absolute atomic E-state index is 5.71. The van der Waals surface area contributed by atoms with Crippen LogP contribution in [0, 0.1) is 0 Å². The number of thiophene rings is 1. The molecule has 0 N–H and O–H groups in total. The van der Waals surface area contributed by atoms with Crippen molar-refractivity contribution in [2.24, 2.45) is 0 Å². The molecule has 0 atom stereocenters. The molecule has 0 amide bonds. The number of benzene rings is 1. The van der Waals surface area contributed by atoms with Crippen molar-refractivity contribution in [1.82, 2.24) is 0 Å². The Bertz CT molecular complexity index is 331. The summed E-state index contributed by atoms with van der Waals surface area (Å²) in [5.41, 5.74) is 0. The third kappa shape index (κ3) is 1.26. The minimum atomic E-state index is 0.624. The summed E-state index contributed by atoms with van der Waals surface area (Å²) >= 11 is 7.47. The van der Waals surface area contributed by atoms with Crippen LogP contribution in [0.5, 0.6) is 0 Å². The zero-order valence-corrected chi connectivity index (χ0v) is 7.45. The van der Waals surface area contributed by atoms with Gasteiger partial charge >= 0.3 is 0 Å². The molecule has 0 nitrogen and oxygen atoms in total. The Labute approximate surface area is 74.4 Å². The molecule has 11 heavy (non-hydrogen) atoms. The van der Waals surface area contributed by atoms with Gasteiger partial charge in [-0.3, -0.25) is 0 Å². The van der Waals surface area contributed by atoms with Gasteiger partial charge in [0, 0.05) is 9.58 Å². The summed E-state index contributed by atoms with van der Waals surface area (Å²) in [6, 6.07) is 10.5. The van der Waals surface area contributed by atoms with Crippen molar-refractivity contribution in [3.8, 4) is 0 Å². The summed E-state index contributed by atoms with van der Waals surface area (Å²) in [6.07, 6.45) is 0. The molecule has 2 heteroatoms. The Morgan fingerprint density at radius 1 is 1.27 bits per heavy atom. The normalized spacial score (nSPS) is 10.6. The van der Waals surface area contributed by atoms with Gasteiger partial charge in [-0.1, -0.05) is 18.2 Å². The molecule has 0 saturated carbocycles. The molecule has 0 unspecified atom stereocenters. The molecule has 0 spiro atoms. The predicted molar refractivity (Wildman–Crippen MR) is 51.4 cm³/mol. The summed E-state index contributed by atoms with van der Waals surface area (Å²) in [4.78, 5) is 1.24. The van der Waals surface area contributed by atoms with Crippen LogP contribution in [0.25, 0.3) is 10.1 Å². The smallest absolute Gasteiger partial charge is 0.0568 e. The van der Waals surface area contributed by atoms with Crippen LogP contribution < -0.4 is 0 Å². The summed E-state index contributed by atoms with van der Waals surface area (Å²) < 4.78 is 1.32. The molecule has 0 fully saturated rings. The zero-order chi connectivity index (χ0) is 7.68. The Balaban J connectivity index is 2.69. The number of alkyl halides is 1. The SMILES string of the molecule is ClCc1cc2ccccc2s1. The van der Waals surface area contributed by atoms with Crippen molar-refractivity contribution in [2.75, 3.05) is 0 Å². The second-order valence-electron chi connectivity index (χ2n) is 2.38. The first-order chi connectivity index (χ1) is 5.40. The third-order valence-electron chi connectivity index (χ3n) is 1.61. The van der Waals surface area contributed by atoms with E-state index in [9.17, 15) is 0 Å². The lowest BCUT2D eigenvalue weighted by atomic mass is 10.2. The summed E-state index contributed by atoms with van der Waals surface area (Å²) in [5.74, 6) is 0.624. The molecule has 1 heterocycles. The van der Waals surface area contributed by atoms with Crippen molar-refractivity contribution >= 4 is 33.0 Å². The number of rotatable bonds is 1. The predicted octanol–water partition coefficient (Wildman–Crippen LogP) is 3.64. The van der Waals surface area contributed by atoms with Gasteiger partial charge in [0.25, 0.3) is 0 Å². The standard InChI is InChI=1S/C9H7ClS/c10-6-8-5-7-3-1-2-4-9(7)11-8/h1-5H,6H2. The number of hydrogen-bond acceptors (Lipinski definition) is 1. The molecule has 56 valence electrons. The third-order valence-corrected chi connectivity index (χ3v) is 3.17. The lowest BCUT2D eigenvalue weighted by Crippen LogP contribution is -1.60. The average Bonchev–Trinajstić information content (AvgIpc) is 2.46. The van der Waals surface area contributed by atoms with Gasteiger partial charge in [0.15, 0.2) is 0 Å². The molecule has 1 aromatic carbocycles. The highest BCUT2D eigenvalue weighted by Gasteiger charge is 1.97. The van der Waals surface area contributed by atoms with Gasteiger partial charge in [-0.05, 0) is 17.5 Å². The lowest BCUT2D eigenvalue weighted by Gasteiger charge is -1.82. The fraction of sp³-hybridized carbons (Fsp3) is 0.111. The molecule has 0 aliphatic carbocycles. The van der Waals surface area contributed by atoms with Crippen LogP contribution in [0.3, 0.4) is 0 Å². The Morgan fingerprint density at radius 2 is 2.09 bits per heavy atom. The first-order valence-electron chi connectivity index (χ1n) is 3.43. The highest BCUT2D eigenvalue weighted by molar-refractivity contribution is 7.19. The van der Waals surface area contributed by atoms with Crippen LogP contribution in [0.1, 0.15) is 4.88 Å². The van der Waals surface area contributed by atoms with E-state index in [1.807, 2.05) is 6.07 Å². The van der Waals surface area contributed by atoms with E-state index < -0.39 is 0 Å². The minimum absolute atomic E-state index is 0.624. The van der Waals surface area contributed by atoms with Crippen molar-refractivity contribution in [3.05, 3.63) is 35.2 Å². The second-order valence-corrected chi connectivity index (χ2v) is 3.82. The Morgan fingerprint density at radius 3 is 2.82 bits per heavy atom. The molecular formula is C9H7ClS. The van der Waals surface area contributed by atoms with E-state index in [-0.39, 0.29) is 0 Å². The van der Waals surface area contributed by atoms with Gasteiger partial charge in [0.2, 0.25) is 0 Å². The second kappa shape index (κ2) is 2.84. The van der Waals surface area contributed by atoms with Crippen LogP contribution in [0.4, 0.5) is 0 Å².